The van der Waals surface area contributed by atoms with Crippen LogP contribution in [0, 0.1) is 6.92 Å². The van der Waals surface area contributed by atoms with Crippen LogP contribution in [-0.2, 0) is 13.1 Å². The number of amides is 1. The van der Waals surface area contributed by atoms with Gasteiger partial charge in [0.25, 0.3) is 5.91 Å². The summed E-state index contributed by atoms with van der Waals surface area (Å²) in [6.45, 7) is 3.50. The summed E-state index contributed by atoms with van der Waals surface area (Å²) in [5, 5.41) is 0. The molecular formula is C26H29BrN2O. The van der Waals surface area contributed by atoms with E-state index in [4.69, 9.17) is 0 Å². The Kier molecular flexibility index (Phi) is 6.73. The summed E-state index contributed by atoms with van der Waals surface area (Å²) in [6.07, 6.45) is 8.03. The lowest BCUT2D eigenvalue weighted by molar-refractivity contribution is 0.0608. The largest absolute Gasteiger partial charge is 0.345 e. The third-order valence-electron chi connectivity index (χ3n) is 6.17. The topological polar surface area (TPSA) is 25.2 Å². The Hall–Kier alpha value is -2.33. The number of nitrogens with zero attached hydrogens (tertiary/aromatic N) is 2. The first-order chi connectivity index (χ1) is 14.6. The third-order valence-corrected chi connectivity index (χ3v) is 6.70. The van der Waals surface area contributed by atoms with Crippen LogP contribution in [0.15, 0.2) is 71.3 Å². The normalized spacial score (nSPS) is 14.6. The van der Waals surface area contributed by atoms with E-state index in [0.29, 0.717) is 12.6 Å². The molecule has 0 unspecified atom stereocenters. The van der Waals surface area contributed by atoms with E-state index in [1.54, 1.807) is 0 Å². The fraction of sp³-hybridized carbons (Fsp3) is 0.346. The molecule has 0 radical (unpaired) electrons. The minimum atomic E-state index is 0.163. The van der Waals surface area contributed by atoms with Crippen LogP contribution in [0.3, 0.4) is 0 Å². The molecule has 1 saturated carbocycles. The van der Waals surface area contributed by atoms with Gasteiger partial charge in [-0.3, -0.25) is 4.79 Å². The lowest BCUT2D eigenvalue weighted by Crippen LogP contribution is -2.41. The van der Waals surface area contributed by atoms with Gasteiger partial charge in [-0.1, -0.05) is 65.5 Å². The Labute approximate surface area is 187 Å². The van der Waals surface area contributed by atoms with Crippen LogP contribution in [0.2, 0.25) is 0 Å². The molecule has 1 aliphatic rings. The predicted octanol–water partition coefficient (Wildman–Crippen LogP) is 6.58. The van der Waals surface area contributed by atoms with Gasteiger partial charge in [-0.05, 0) is 61.2 Å². The Morgan fingerprint density at radius 2 is 1.73 bits per heavy atom. The zero-order chi connectivity index (χ0) is 20.9. The SMILES string of the molecule is Cc1ccccc1C(=O)N(Cc1cccn1Cc1ccc(Br)cc1)C1CCCCC1. The minimum Gasteiger partial charge on any atom is -0.345 e. The van der Waals surface area contributed by atoms with Gasteiger partial charge in [0.1, 0.15) is 0 Å². The van der Waals surface area contributed by atoms with Gasteiger partial charge in [0, 0.05) is 34.5 Å². The maximum atomic E-state index is 13.6. The first kappa shape index (κ1) is 20.9. The van der Waals surface area contributed by atoms with E-state index in [1.807, 2.05) is 31.2 Å². The maximum absolute atomic E-state index is 13.6. The van der Waals surface area contributed by atoms with Gasteiger partial charge in [0.15, 0.2) is 0 Å². The third kappa shape index (κ3) is 4.86. The van der Waals surface area contributed by atoms with Crippen molar-refractivity contribution in [1.82, 2.24) is 9.47 Å². The van der Waals surface area contributed by atoms with Crippen molar-refractivity contribution >= 4 is 21.8 Å². The van der Waals surface area contributed by atoms with Crippen LogP contribution in [0.1, 0.15) is 59.3 Å². The van der Waals surface area contributed by atoms with Crippen molar-refractivity contribution in [2.75, 3.05) is 0 Å². The van der Waals surface area contributed by atoms with E-state index in [1.165, 1.54) is 30.5 Å². The number of hydrogen-bond acceptors (Lipinski definition) is 1. The van der Waals surface area contributed by atoms with Crippen molar-refractivity contribution in [3.05, 3.63) is 93.7 Å². The first-order valence-corrected chi connectivity index (χ1v) is 11.7. The minimum absolute atomic E-state index is 0.163. The Bertz CT molecular complexity index is 986. The molecule has 156 valence electrons. The highest BCUT2D eigenvalue weighted by molar-refractivity contribution is 9.10. The van der Waals surface area contributed by atoms with E-state index < -0.39 is 0 Å². The van der Waals surface area contributed by atoms with E-state index in [2.05, 4.69) is 68.0 Å². The number of carbonyl (C=O) groups excluding carboxylic acids is 1. The van der Waals surface area contributed by atoms with Crippen LogP contribution in [-0.4, -0.2) is 21.4 Å². The first-order valence-electron chi connectivity index (χ1n) is 10.9. The molecular weight excluding hydrogens is 436 g/mol. The summed E-state index contributed by atoms with van der Waals surface area (Å²) in [6, 6.07) is 21.0. The zero-order valence-electron chi connectivity index (χ0n) is 17.6. The molecule has 4 heteroatoms. The highest BCUT2D eigenvalue weighted by Crippen LogP contribution is 2.27. The molecule has 0 spiro atoms. The van der Waals surface area contributed by atoms with Crippen LogP contribution < -0.4 is 0 Å². The highest BCUT2D eigenvalue weighted by atomic mass is 79.9. The predicted molar refractivity (Wildman–Crippen MR) is 126 cm³/mol. The number of halogens is 1. The smallest absolute Gasteiger partial charge is 0.254 e. The Morgan fingerprint density at radius 1 is 1.00 bits per heavy atom. The average Bonchev–Trinajstić information content (AvgIpc) is 3.21. The summed E-state index contributed by atoms with van der Waals surface area (Å²) in [5.41, 5.74) is 4.32. The van der Waals surface area contributed by atoms with Gasteiger partial charge in [-0.25, -0.2) is 0 Å². The number of aromatic nitrogens is 1. The molecule has 0 saturated heterocycles. The second-order valence-electron chi connectivity index (χ2n) is 8.29. The van der Waals surface area contributed by atoms with Crippen LogP contribution >= 0.6 is 15.9 Å². The summed E-state index contributed by atoms with van der Waals surface area (Å²) < 4.78 is 3.36. The van der Waals surface area contributed by atoms with Gasteiger partial charge in [-0.15, -0.1) is 0 Å². The fourth-order valence-electron chi connectivity index (χ4n) is 4.44. The molecule has 1 fully saturated rings. The number of hydrogen-bond donors (Lipinski definition) is 0. The second kappa shape index (κ2) is 9.65. The Balaban J connectivity index is 1.59. The van der Waals surface area contributed by atoms with E-state index in [0.717, 1.165) is 35.0 Å². The summed E-state index contributed by atoms with van der Waals surface area (Å²) >= 11 is 3.51. The fourth-order valence-corrected chi connectivity index (χ4v) is 4.70. The number of rotatable bonds is 6. The molecule has 3 aromatic rings. The number of benzene rings is 2. The van der Waals surface area contributed by atoms with Crippen LogP contribution in [0.4, 0.5) is 0 Å². The molecule has 1 amide bonds. The molecule has 2 aromatic carbocycles. The van der Waals surface area contributed by atoms with Crippen molar-refractivity contribution in [3.63, 3.8) is 0 Å². The molecule has 1 aromatic heterocycles. The number of carbonyl (C=O) groups is 1. The van der Waals surface area contributed by atoms with Crippen molar-refractivity contribution in [3.8, 4) is 0 Å². The van der Waals surface area contributed by atoms with E-state index in [9.17, 15) is 4.79 Å². The van der Waals surface area contributed by atoms with Gasteiger partial charge in [0.2, 0.25) is 0 Å². The Morgan fingerprint density at radius 3 is 2.47 bits per heavy atom. The van der Waals surface area contributed by atoms with Crippen molar-refractivity contribution < 1.29 is 4.79 Å². The summed E-state index contributed by atoms with van der Waals surface area (Å²) in [4.78, 5) is 15.7. The van der Waals surface area contributed by atoms with Crippen LogP contribution in [0.5, 0.6) is 0 Å². The van der Waals surface area contributed by atoms with E-state index >= 15 is 0 Å². The standard InChI is InChI=1S/C26H29BrN2O/c1-20-8-5-6-12-25(20)26(30)29(23-9-3-2-4-10-23)19-24-11-7-17-28(24)18-21-13-15-22(27)16-14-21/h5-8,11-17,23H,2-4,9-10,18-19H2,1H3. The van der Waals surface area contributed by atoms with E-state index in [-0.39, 0.29) is 5.91 Å². The van der Waals surface area contributed by atoms with Gasteiger partial charge < -0.3 is 9.47 Å². The lowest BCUT2D eigenvalue weighted by Gasteiger charge is -2.35. The zero-order valence-corrected chi connectivity index (χ0v) is 19.1. The quantitative estimate of drug-likeness (QED) is 0.404. The van der Waals surface area contributed by atoms with Crippen molar-refractivity contribution in [1.29, 1.82) is 0 Å². The molecule has 30 heavy (non-hydrogen) atoms. The van der Waals surface area contributed by atoms with Gasteiger partial charge in [-0.2, -0.15) is 0 Å². The molecule has 0 N–H and O–H groups in total. The van der Waals surface area contributed by atoms with Crippen molar-refractivity contribution in [2.45, 2.75) is 58.2 Å². The molecule has 0 bridgehead atoms. The molecule has 4 rings (SSSR count). The van der Waals surface area contributed by atoms with Gasteiger partial charge in [0.05, 0.1) is 6.54 Å². The monoisotopic (exact) mass is 464 g/mol. The number of aryl methyl sites for hydroxylation is 1. The average molecular weight is 465 g/mol. The molecule has 1 aliphatic carbocycles. The second-order valence-corrected chi connectivity index (χ2v) is 9.21. The molecule has 0 aliphatic heterocycles. The van der Waals surface area contributed by atoms with Crippen LogP contribution in [0.25, 0.3) is 0 Å². The molecule has 3 nitrogen and oxygen atoms in total. The lowest BCUT2D eigenvalue weighted by atomic mass is 9.93. The summed E-state index contributed by atoms with van der Waals surface area (Å²) in [7, 11) is 0. The molecule has 0 atom stereocenters. The van der Waals surface area contributed by atoms with Gasteiger partial charge >= 0.3 is 0 Å². The molecule has 1 heterocycles. The van der Waals surface area contributed by atoms with Crippen molar-refractivity contribution in [2.24, 2.45) is 0 Å². The maximum Gasteiger partial charge on any atom is 0.254 e. The summed E-state index contributed by atoms with van der Waals surface area (Å²) in [5.74, 6) is 0.163. The highest BCUT2D eigenvalue weighted by Gasteiger charge is 2.27.